The van der Waals surface area contributed by atoms with Crippen molar-refractivity contribution in [2.24, 2.45) is 0 Å². The molecular weight excluding hydrogens is 677 g/mol. The second-order valence-electron chi connectivity index (χ2n) is 15.2. The van der Waals surface area contributed by atoms with Gasteiger partial charge in [0.1, 0.15) is 0 Å². The molecule has 7 aromatic carbocycles. The van der Waals surface area contributed by atoms with Crippen LogP contribution in [0.2, 0.25) is 0 Å². The summed E-state index contributed by atoms with van der Waals surface area (Å²) in [4.78, 5) is 4.75. The maximum Gasteiger partial charge on any atom is 0.0462 e. The zero-order chi connectivity index (χ0) is 37.6. The van der Waals surface area contributed by atoms with Crippen LogP contribution in [-0.4, -0.2) is 0 Å². The van der Waals surface area contributed by atoms with E-state index in [-0.39, 0.29) is 5.41 Å². The summed E-state index contributed by atoms with van der Waals surface area (Å²) >= 11 is 0. The average Bonchev–Trinajstić information content (AvgIpc) is 3.29. The quantitative estimate of drug-likeness (QED) is 0.139. The van der Waals surface area contributed by atoms with Crippen molar-refractivity contribution in [2.45, 2.75) is 50.4 Å². The lowest BCUT2D eigenvalue weighted by Crippen LogP contribution is -2.30. The minimum atomic E-state index is -0.0222. The highest BCUT2D eigenvalue weighted by Crippen LogP contribution is 2.47. The second kappa shape index (κ2) is 16.2. The molecule has 2 aliphatic carbocycles. The molecule has 0 amide bonds. The van der Waals surface area contributed by atoms with Crippen molar-refractivity contribution in [1.29, 1.82) is 0 Å². The Labute approximate surface area is 332 Å². The number of rotatable bonds is 10. The van der Waals surface area contributed by atoms with Crippen molar-refractivity contribution in [2.75, 3.05) is 9.80 Å². The minimum Gasteiger partial charge on any atom is -0.311 e. The van der Waals surface area contributed by atoms with Crippen molar-refractivity contribution in [1.82, 2.24) is 0 Å². The molecule has 0 N–H and O–H groups in total. The molecule has 56 heavy (non-hydrogen) atoms. The Bertz CT molecular complexity index is 2390. The van der Waals surface area contributed by atoms with E-state index in [0.717, 1.165) is 48.4 Å². The standard InChI is InChI=1S/C54H48N2/c1-6-16-42(17-7-1)44-24-32-50(33-25-44)55(48-20-10-3-11-21-48)52-36-28-46(29-37-52)54(40-14-5-15-41-54)47-30-38-53(39-31-47)56(49-22-12-4-13-23-49)51-34-26-45(27-35-51)43-18-8-2-9-19-43/h1-4,6-8,10-13,16-18,20-39H,5,9,14-15,19,40-41H2. The van der Waals surface area contributed by atoms with E-state index >= 15 is 0 Å². The van der Waals surface area contributed by atoms with Gasteiger partial charge in [-0.25, -0.2) is 0 Å². The minimum absolute atomic E-state index is 0.0222. The number of allylic oxidation sites excluding steroid dienone is 4. The number of benzene rings is 7. The molecule has 2 aliphatic rings. The molecule has 0 atom stereocenters. The molecule has 1 fully saturated rings. The van der Waals surface area contributed by atoms with Gasteiger partial charge in [-0.2, -0.15) is 0 Å². The first-order chi connectivity index (χ1) is 27.7. The summed E-state index contributed by atoms with van der Waals surface area (Å²) in [6, 6.07) is 69.1. The maximum absolute atomic E-state index is 2.41. The van der Waals surface area contributed by atoms with E-state index in [9.17, 15) is 0 Å². The van der Waals surface area contributed by atoms with E-state index in [1.807, 2.05) is 0 Å². The fourth-order valence-electron chi connectivity index (χ4n) is 8.91. The van der Waals surface area contributed by atoms with Gasteiger partial charge in [-0.15, -0.1) is 0 Å². The molecule has 0 heterocycles. The normalized spacial score (nSPS) is 14.8. The largest absolute Gasteiger partial charge is 0.311 e. The van der Waals surface area contributed by atoms with Crippen LogP contribution in [0, 0.1) is 0 Å². The molecule has 0 aromatic heterocycles. The maximum atomic E-state index is 2.41. The molecule has 274 valence electrons. The van der Waals surface area contributed by atoms with E-state index in [2.05, 4.69) is 216 Å². The van der Waals surface area contributed by atoms with Crippen LogP contribution in [0.5, 0.6) is 0 Å². The van der Waals surface area contributed by atoms with E-state index in [1.165, 1.54) is 64.0 Å². The van der Waals surface area contributed by atoms with E-state index in [4.69, 9.17) is 0 Å². The first kappa shape index (κ1) is 35.3. The van der Waals surface area contributed by atoms with E-state index in [1.54, 1.807) is 0 Å². The van der Waals surface area contributed by atoms with Gasteiger partial charge in [0.2, 0.25) is 0 Å². The summed E-state index contributed by atoms with van der Waals surface area (Å²) in [6.07, 6.45) is 15.0. The Morgan fingerprint density at radius 3 is 1.20 bits per heavy atom. The molecule has 0 aliphatic heterocycles. The predicted octanol–water partition coefficient (Wildman–Crippen LogP) is 15.3. The molecule has 0 saturated heterocycles. The number of nitrogens with zero attached hydrogens (tertiary/aromatic N) is 2. The molecular formula is C54H48N2. The second-order valence-corrected chi connectivity index (χ2v) is 15.2. The molecule has 0 bridgehead atoms. The third kappa shape index (κ3) is 7.23. The highest BCUT2D eigenvalue weighted by Gasteiger charge is 2.36. The molecule has 0 spiro atoms. The van der Waals surface area contributed by atoms with Gasteiger partial charge in [0.05, 0.1) is 0 Å². The van der Waals surface area contributed by atoms with Gasteiger partial charge < -0.3 is 9.80 Å². The van der Waals surface area contributed by atoms with Gasteiger partial charge in [0, 0.05) is 39.5 Å². The molecule has 0 unspecified atom stereocenters. The number of para-hydroxylation sites is 2. The SMILES string of the molecule is C1=CCCC(c2ccc(N(c3ccccc3)c3ccc(C4(c5ccc(N(c6ccccc6)c6ccc(-c7ccccc7)cc6)cc5)CCCCC4)cc3)cc2)=C1. The van der Waals surface area contributed by atoms with Crippen LogP contribution in [0.3, 0.4) is 0 Å². The lowest BCUT2D eigenvalue weighted by molar-refractivity contribution is 0.346. The summed E-state index contributed by atoms with van der Waals surface area (Å²) < 4.78 is 0. The third-order valence-corrected chi connectivity index (χ3v) is 11.8. The van der Waals surface area contributed by atoms with E-state index in [0.29, 0.717) is 0 Å². The Morgan fingerprint density at radius 1 is 0.357 bits per heavy atom. The highest BCUT2D eigenvalue weighted by molar-refractivity contribution is 5.80. The summed E-state index contributed by atoms with van der Waals surface area (Å²) in [5.41, 5.74) is 14.9. The van der Waals surface area contributed by atoms with Crippen LogP contribution < -0.4 is 9.80 Å². The van der Waals surface area contributed by atoms with Crippen molar-refractivity contribution in [3.63, 3.8) is 0 Å². The van der Waals surface area contributed by atoms with Gasteiger partial charge in [-0.05, 0) is 132 Å². The first-order valence-corrected chi connectivity index (χ1v) is 20.3. The fraction of sp³-hybridized carbons (Fsp3) is 0.148. The van der Waals surface area contributed by atoms with Crippen molar-refractivity contribution in [3.8, 4) is 11.1 Å². The Morgan fingerprint density at radius 2 is 0.750 bits per heavy atom. The predicted molar refractivity (Wildman–Crippen MR) is 238 cm³/mol. The summed E-state index contributed by atoms with van der Waals surface area (Å²) in [5, 5.41) is 0. The van der Waals surface area contributed by atoms with Crippen molar-refractivity contribution in [3.05, 3.63) is 223 Å². The Kier molecular flexibility index (Phi) is 10.2. The van der Waals surface area contributed by atoms with Crippen LogP contribution in [0.1, 0.15) is 61.6 Å². The van der Waals surface area contributed by atoms with Crippen LogP contribution in [0.4, 0.5) is 34.1 Å². The smallest absolute Gasteiger partial charge is 0.0462 e. The summed E-state index contributed by atoms with van der Waals surface area (Å²) in [6.45, 7) is 0. The number of anilines is 6. The fourth-order valence-corrected chi connectivity index (χ4v) is 8.91. The Balaban J connectivity index is 1.04. The molecule has 0 radical (unpaired) electrons. The lowest BCUT2D eigenvalue weighted by Gasteiger charge is -2.39. The monoisotopic (exact) mass is 724 g/mol. The van der Waals surface area contributed by atoms with E-state index < -0.39 is 0 Å². The molecule has 2 heteroatoms. The average molecular weight is 725 g/mol. The van der Waals surface area contributed by atoms with Crippen LogP contribution in [-0.2, 0) is 5.41 Å². The van der Waals surface area contributed by atoms with Gasteiger partial charge in [0.15, 0.2) is 0 Å². The van der Waals surface area contributed by atoms with Crippen molar-refractivity contribution >= 4 is 39.7 Å². The first-order valence-electron chi connectivity index (χ1n) is 20.3. The van der Waals surface area contributed by atoms with Gasteiger partial charge in [0.25, 0.3) is 0 Å². The Hall–Kier alpha value is -6.38. The third-order valence-electron chi connectivity index (χ3n) is 11.8. The summed E-state index contributed by atoms with van der Waals surface area (Å²) in [5.74, 6) is 0. The zero-order valence-electron chi connectivity index (χ0n) is 32.0. The highest BCUT2D eigenvalue weighted by atomic mass is 15.1. The van der Waals surface area contributed by atoms with Gasteiger partial charge in [-0.3, -0.25) is 0 Å². The number of hydrogen-bond donors (Lipinski definition) is 0. The van der Waals surface area contributed by atoms with Gasteiger partial charge in [-0.1, -0.05) is 153 Å². The number of hydrogen-bond acceptors (Lipinski definition) is 2. The van der Waals surface area contributed by atoms with Crippen LogP contribution >= 0.6 is 0 Å². The molecule has 9 rings (SSSR count). The van der Waals surface area contributed by atoms with Gasteiger partial charge >= 0.3 is 0 Å². The molecule has 2 nitrogen and oxygen atoms in total. The summed E-state index contributed by atoms with van der Waals surface area (Å²) in [7, 11) is 0. The topological polar surface area (TPSA) is 6.48 Å². The zero-order valence-corrected chi connectivity index (χ0v) is 32.0. The molecule has 7 aromatic rings. The molecule has 1 saturated carbocycles. The van der Waals surface area contributed by atoms with Crippen LogP contribution in [0.25, 0.3) is 16.7 Å². The van der Waals surface area contributed by atoms with Crippen molar-refractivity contribution < 1.29 is 0 Å². The lowest BCUT2D eigenvalue weighted by atomic mass is 9.65. The van der Waals surface area contributed by atoms with Crippen LogP contribution in [0.15, 0.2) is 206 Å².